The van der Waals surface area contributed by atoms with Gasteiger partial charge in [-0.3, -0.25) is 4.79 Å². The molecule has 21 heavy (non-hydrogen) atoms. The first kappa shape index (κ1) is 16.3. The van der Waals surface area contributed by atoms with E-state index in [0.717, 1.165) is 17.2 Å². The Labute approximate surface area is 128 Å². The molecule has 2 rings (SSSR count). The summed E-state index contributed by atoms with van der Waals surface area (Å²) in [5.41, 5.74) is 0.148. The molecule has 3 unspecified atom stereocenters. The molecule has 2 aliphatic rings. The van der Waals surface area contributed by atoms with Gasteiger partial charge in [-0.05, 0) is 20.0 Å². The Bertz CT molecular complexity index is 478. The fourth-order valence-corrected chi connectivity index (χ4v) is 4.23. The summed E-state index contributed by atoms with van der Waals surface area (Å²) in [5, 5.41) is 18.6. The second-order valence-corrected chi connectivity index (χ2v) is 7.08. The van der Waals surface area contributed by atoms with Crippen LogP contribution in [0.2, 0.25) is 0 Å². The highest BCUT2D eigenvalue weighted by Crippen LogP contribution is 2.48. The molecule has 3 atom stereocenters. The van der Waals surface area contributed by atoms with Crippen molar-refractivity contribution in [3.05, 3.63) is 10.6 Å². The summed E-state index contributed by atoms with van der Waals surface area (Å²) in [5.74, 6) is -0.777. The average Bonchev–Trinajstić information content (AvgIpc) is 2.73. The summed E-state index contributed by atoms with van der Waals surface area (Å²) in [4.78, 5) is 27.9. The van der Waals surface area contributed by atoms with Gasteiger partial charge in [0.2, 0.25) is 5.91 Å². The molecule has 0 aromatic rings. The lowest BCUT2D eigenvalue weighted by Gasteiger charge is -2.45. The zero-order valence-corrected chi connectivity index (χ0v) is 13.4. The van der Waals surface area contributed by atoms with Crippen molar-refractivity contribution in [1.82, 2.24) is 9.80 Å². The van der Waals surface area contributed by atoms with Crippen molar-refractivity contribution < 1.29 is 19.8 Å². The molecule has 6 nitrogen and oxygen atoms in total. The van der Waals surface area contributed by atoms with E-state index >= 15 is 0 Å². The van der Waals surface area contributed by atoms with Gasteiger partial charge in [0, 0.05) is 30.2 Å². The molecule has 2 heterocycles. The topological polar surface area (TPSA) is 81.1 Å². The number of aliphatic hydroxyl groups is 1. The summed E-state index contributed by atoms with van der Waals surface area (Å²) < 4.78 is 0. The normalized spacial score (nSPS) is 26.1. The molecule has 0 aromatic heterocycles. The summed E-state index contributed by atoms with van der Waals surface area (Å²) >= 11 is 1.52. The van der Waals surface area contributed by atoms with Crippen LogP contribution in [0.5, 0.6) is 0 Å². The number of β-lactam (4-membered cyclic amide) rings is 1. The minimum absolute atomic E-state index is 0.0493. The van der Waals surface area contributed by atoms with Crippen LogP contribution in [0.3, 0.4) is 0 Å². The third-order valence-corrected chi connectivity index (χ3v) is 5.18. The Hall–Kier alpha value is -1.05. The van der Waals surface area contributed by atoms with Gasteiger partial charge in [0.25, 0.3) is 0 Å². The Morgan fingerprint density at radius 3 is 2.71 bits per heavy atom. The molecule has 2 N–H and O–H groups in total. The molecular formula is C14H22N2O4S. The number of aliphatic hydroxyl groups excluding tert-OH is 1. The van der Waals surface area contributed by atoms with Crippen molar-refractivity contribution in [3.8, 4) is 0 Å². The molecular weight excluding hydrogens is 292 g/mol. The molecule has 0 spiro atoms. The van der Waals surface area contributed by atoms with Gasteiger partial charge in [0.1, 0.15) is 5.70 Å². The maximum absolute atomic E-state index is 12.2. The van der Waals surface area contributed by atoms with E-state index < -0.39 is 5.97 Å². The number of thioether (sulfide) groups is 1. The lowest BCUT2D eigenvalue weighted by atomic mass is 9.78. The van der Waals surface area contributed by atoms with Crippen LogP contribution in [-0.2, 0) is 9.59 Å². The fourth-order valence-electron chi connectivity index (χ4n) is 2.92. The maximum Gasteiger partial charge on any atom is 0.353 e. The number of carboxylic acid groups (broad SMARTS) is 1. The van der Waals surface area contributed by atoms with E-state index in [0.29, 0.717) is 6.42 Å². The molecule has 0 bridgehead atoms. The molecule has 0 saturated carbocycles. The van der Waals surface area contributed by atoms with Crippen LogP contribution in [-0.4, -0.2) is 70.9 Å². The predicted octanol–water partition coefficient (Wildman–Crippen LogP) is 0.437. The highest BCUT2D eigenvalue weighted by Gasteiger charge is 2.56. The van der Waals surface area contributed by atoms with Gasteiger partial charge in [0.05, 0.1) is 12.0 Å². The van der Waals surface area contributed by atoms with E-state index in [1.54, 1.807) is 0 Å². The van der Waals surface area contributed by atoms with Crippen molar-refractivity contribution in [1.29, 1.82) is 0 Å². The van der Waals surface area contributed by atoms with Crippen molar-refractivity contribution in [2.24, 2.45) is 11.8 Å². The van der Waals surface area contributed by atoms with E-state index in [1.165, 1.54) is 16.7 Å². The lowest BCUT2D eigenvalue weighted by molar-refractivity contribution is -0.159. The Morgan fingerprint density at radius 2 is 2.19 bits per heavy atom. The summed E-state index contributed by atoms with van der Waals surface area (Å²) in [6.45, 7) is 2.64. The van der Waals surface area contributed by atoms with Crippen LogP contribution < -0.4 is 0 Å². The molecule has 7 heteroatoms. The number of aliphatic carboxylic acids is 1. The van der Waals surface area contributed by atoms with Crippen LogP contribution in [0, 0.1) is 11.8 Å². The number of carbonyl (C=O) groups is 2. The van der Waals surface area contributed by atoms with Gasteiger partial charge in [-0.1, -0.05) is 6.92 Å². The van der Waals surface area contributed by atoms with Gasteiger partial charge in [0.15, 0.2) is 0 Å². The average molecular weight is 314 g/mol. The lowest BCUT2D eigenvalue weighted by Crippen LogP contribution is -2.60. The monoisotopic (exact) mass is 314 g/mol. The van der Waals surface area contributed by atoms with Crippen LogP contribution in [0.1, 0.15) is 13.3 Å². The minimum Gasteiger partial charge on any atom is -0.477 e. The van der Waals surface area contributed by atoms with Crippen molar-refractivity contribution >= 4 is 23.6 Å². The number of amides is 1. The van der Waals surface area contributed by atoms with Gasteiger partial charge in [-0.25, -0.2) is 4.79 Å². The van der Waals surface area contributed by atoms with E-state index in [-0.39, 0.29) is 36.1 Å². The molecule has 0 radical (unpaired) electrons. The highest BCUT2D eigenvalue weighted by atomic mass is 32.2. The predicted molar refractivity (Wildman–Crippen MR) is 80.7 cm³/mol. The number of fused-ring (bicyclic) bond motifs is 1. The van der Waals surface area contributed by atoms with Crippen molar-refractivity contribution in [2.45, 2.75) is 19.4 Å². The van der Waals surface area contributed by atoms with Crippen molar-refractivity contribution in [2.75, 3.05) is 33.0 Å². The number of nitrogens with zero attached hydrogens (tertiary/aromatic N) is 2. The summed E-state index contributed by atoms with van der Waals surface area (Å²) in [6.07, 6.45) is 0.598. The third-order valence-electron chi connectivity index (χ3n) is 4.09. The first-order valence-corrected chi connectivity index (χ1v) is 8.05. The number of hydrogen-bond acceptors (Lipinski definition) is 5. The molecule has 0 aromatic carbocycles. The standard InChI is InChI=1S/C14H22N2O4S/c1-8(7-17)11-9-6-10(21-5-4-15(2)3)12(14(19)20)16(9)13(11)18/h8-9,11,17H,4-7H2,1-3H3,(H,19,20). The zero-order chi connectivity index (χ0) is 15.7. The third kappa shape index (κ3) is 2.95. The summed E-state index contributed by atoms with van der Waals surface area (Å²) in [7, 11) is 3.94. The maximum atomic E-state index is 12.2. The SMILES string of the molecule is CC(CO)C1C(=O)N2C(C(=O)O)=C(SCCN(C)C)CC12. The zero-order valence-electron chi connectivity index (χ0n) is 12.6. The smallest absolute Gasteiger partial charge is 0.353 e. The van der Waals surface area contributed by atoms with E-state index in [1.807, 2.05) is 25.9 Å². The molecule has 0 aliphatic carbocycles. The van der Waals surface area contributed by atoms with Crippen LogP contribution in [0.4, 0.5) is 0 Å². The number of hydrogen-bond donors (Lipinski definition) is 2. The first-order valence-electron chi connectivity index (χ1n) is 7.06. The Morgan fingerprint density at radius 1 is 1.52 bits per heavy atom. The van der Waals surface area contributed by atoms with Crippen molar-refractivity contribution in [3.63, 3.8) is 0 Å². The molecule has 1 saturated heterocycles. The quantitative estimate of drug-likeness (QED) is 0.664. The Balaban J connectivity index is 2.11. The fraction of sp³-hybridized carbons (Fsp3) is 0.714. The second kappa shape index (κ2) is 6.37. The molecule has 2 aliphatic heterocycles. The van der Waals surface area contributed by atoms with Crippen LogP contribution >= 0.6 is 11.8 Å². The Kier molecular flexibility index (Phi) is 4.95. The van der Waals surface area contributed by atoms with E-state index in [4.69, 9.17) is 0 Å². The number of rotatable bonds is 7. The first-order chi connectivity index (χ1) is 9.88. The molecule has 118 valence electrons. The van der Waals surface area contributed by atoms with Crippen LogP contribution in [0.25, 0.3) is 0 Å². The second-order valence-electron chi connectivity index (χ2n) is 5.89. The highest BCUT2D eigenvalue weighted by molar-refractivity contribution is 8.03. The number of carboxylic acids is 1. The largest absolute Gasteiger partial charge is 0.477 e. The van der Waals surface area contributed by atoms with Gasteiger partial charge >= 0.3 is 5.97 Å². The number of carbonyl (C=O) groups excluding carboxylic acids is 1. The van der Waals surface area contributed by atoms with E-state index in [2.05, 4.69) is 0 Å². The van der Waals surface area contributed by atoms with E-state index in [9.17, 15) is 19.8 Å². The molecule has 1 fully saturated rings. The summed E-state index contributed by atoms with van der Waals surface area (Å²) in [6, 6.07) is -0.0902. The molecule has 1 amide bonds. The van der Waals surface area contributed by atoms with Gasteiger partial charge in [-0.15, -0.1) is 11.8 Å². The van der Waals surface area contributed by atoms with Crippen LogP contribution in [0.15, 0.2) is 10.6 Å². The van der Waals surface area contributed by atoms with Gasteiger partial charge in [-0.2, -0.15) is 0 Å². The van der Waals surface area contributed by atoms with Gasteiger partial charge < -0.3 is 20.0 Å². The minimum atomic E-state index is -1.03.